The summed E-state index contributed by atoms with van der Waals surface area (Å²) in [5.41, 5.74) is 0.0331. The molecule has 0 spiro atoms. The zero-order chi connectivity index (χ0) is 11.2. The number of allylic oxidation sites excluding steroid dienone is 2. The average molecular weight is 213 g/mol. The van der Waals surface area contributed by atoms with E-state index in [4.69, 9.17) is 4.74 Å². The Bertz CT molecular complexity index is 231. The summed E-state index contributed by atoms with van der Waals surface area (Å²) in [6, 6.07) is 0. The number of nitrogens with one attached hydrogen (secondary N) is 1. The van der Waals surface area contributed by atoms with Crippen molar-refractivity contribution in [3.05, 3.63) is 24.9 Å². The van der Waals surface area contributed by atoms with Gasteiger partial charge in [-0.25, -0.2) is 4.79 Å². The predicted molar refractivity (Wildman–Crippen MR) is 62.1 cm³/mol. The summed E-state index contributed by atoms with van der Waals surface area (Å²) in [6.07, 6.45) is 4.33. The lowest BCUT2D eigenvalue weighted by Crippen LogP contribution is -2.34. The maximum absolute atomic E-state index is 11.2. The van der Waals surface area contributed by atoms with Crippen LogP contribution in [0.25, 0.3) is 0 Å². The van der Waals surface area contributed by atoms with Crippen LogP contribution in [0, 0.1) is 5.41 Å². The fourth-order valence-electron chi connectivity index (χ4n) is 0.556. The van der Waals surface area contributed by atoms with E-state index in [1.165, 1.54) is 6.20 Å². The first kappa shape index (κ1) is 13.0. The molecule has 0 aliphatic heterocycles. The second-order valence-electron chi connectivity index (χ2n) is 4.15. The molecular weight excluding hydrogens is 194 g/mol. The van der Waals surface area contributed by atoms with Gasteiger partial charge >= 0.3 is 6.09 Å². The van der Waals surface area contributed by atoms with Gasteiger partial charge in [-0.1, -0.05) is 33.4 Å². The zero-order valence-electron chi connectivity index (χ0n) is 9.33. The third-order valence-corrected chi connectivity index (χ3v) is 3.90. The SMILES string of the molecule is C=CC=CNC(=O)OC([SiH3])C(C)(C)C. The lowest BCUT2D eigenvalue weighted by molar-refractivity contribution is 0.0836. The molecule has 0 fully saturated rings. The van der Waals surface area contributed by atoms with Gasteiger partial charge in [0.15, 0.2) is 0 Å². The molecule has 0 bridgehead atoms. The smallest absolute Gasteiger partial charge is 0.411 e. The van der Waals surface area contributed by atoms with Crippen molar-refractivity contribution in [2.45, 2.75) is 26.5 Å². The first-order valence-corrected chi connectivity index (χ1v) is 5.78. The van der Waals surface area contributed by atoms with Crippen molar-refractivity contribution in [2.75, 3.05) is 0 Å². The molecule has 0 aliphatic carbocycles. The molecule has 14 heavy (non-hydrogen) atoms. The minimum Gasteiger partial charge on any atom is -0.450 e. The van der Waals surface area contributed by atoms with E-state index < -0.39 is 6.09 Å². The fraction of sp³-hybridized carbons (Fsp3) is 0.500. The number of hydrogen-bond donors (Lipinski definition) is 1. The average Bonchev–Trinajstić information content (AvgIpc) is 2.03. The highest BCUT2D eigenvalue weighted by Crippen LogP contribution is 2.19. The Balaban J connectivity index is 3.95. The van der Waals surface area contributed by atoms with Gasteiger partial charge in [0.05, 0.1) is 16.0 Å². The highest BCUT2D eigenvalue weighted by Gasteiger charge is 2.22. The van der Waals surface area contributed by atoms with Crippen molar-refractivity contribution in [3.63, 3.8) is 0 Å². The summed E-state index contributed by atoms with van der Waals surface area (Å²) in [4.78, 5) is 11.2. The maximum atomic E-state index is 11.2. The topological polar surface area (TPSA) is 38.3 Å². The molecule has 0 rings (SSSR count). The van der Waals surface area contributed by atoms with Crippen LogP contribution in [0.2, 0.25) is 0 Å². The number of ether oxygens (including phenoxy) is 1. The number of hydrogen-bond acceptors (Lipinski definition) is 2. The Morgan fingerprint density at radius 2 is 2.14 bits per heavy atom. The van der Waals surface area contributed by atoms with Gasteiger partial charge in [-0.15, -0.1) is 0 Å². The summed E-state index contributed by atoms with van der Waals surface area (Å²) in [5.74, 6) is 0. The van der Waals surface area contributed by atoms with Gasteiger partial charge in [-0.3, -0.25) is 5.32 Å². The first-order chi connectivity index (χ1) is 6.38. The van der Waals surface area contributed by atoms with Gasteiger partial charge in [-0.05, 0) is 11.5 Å². The molecule has 0 aromatic heterocycles. The summed E-state index contributed by atoms with van der Waals surface area (Å²) in [5, 5.41) is 2.50. The normalized spacial score (nSPS) is 13.9. The van der Waals surface area contributed by atoms with Crippen molar-refractivity contribution in [1.82, 2.24) is 5.32 Å². The van der Waals surface area contributed by atoms with Crippen LogP contribution in [0.3, 0.4) is 0 Å². The second kappa shape index (κ2) is 5.65. The van der Waals surface area contributed by atoms with Crippen molar-refractivity contribution < 1.29 is 9.53 Å². The molecule has 0 heterocycles. The molecule has 0 saturated carbocycles. The summed E-state index contributed by atoms with van der Waals surface area (Å²) in [6.45, 7) is 9.64. The Hall–Kier alpha value is -1.03. The van der Waals surface area contributed by atoms with Crippen molar-refractivity contribution in [1.29, 1.82) is 0 Å². The summed E-state index contributed by atoms with van der Waals surface area (Å²) < 4.78 is 5.19. The van der Waals surface area contributed by atoms with Crippen LogP contribution < -0.4 is 5.32 Å². The van der Waals surface area contributed by atoms with Crippen molar-refractivity contribution >= 4 is 16.3 Å². The van der Waals surface area contributed by atoms with Gasteiger partial charge < -0.3 is 4.74 Å². The van der Waals surface area contributed by atoms with Gasteiger partial charge in [0.25, 0.3) is 0 Å². The molecule has 1 N–H and O–H groups in total. The van der Waals surface area contributed by atoms with E-state index in [0.717, 1.165) is 10.2 Å². The first-order valence-electron chi connectivity index (χ1n) is 4.62. The van der Waals surface area contributed by atoms with E-state index in [1.807, 2.05) is 0 Å². The molecule has 0 radical (unpaired) electrons. The molecule has 0 saturated heterocycles. The van der Waals surface area contributed by atoms with Crippen molar-refractivity contribution in [2.24, 2.45) is 5.41 Å². The predicted octanol–water partition coefficient (Wildman–Crippen LogP) is 1.15. The molecule has 1 atom stereocenters. The quantitative estimate of drug-likeness (QED) is 0.564. The number of carbonyl (C=O) groups excluding carboxylic acids is 1. The molecular formula is C10H19NO2Si. The molecule has 1 unspecified atom stereocenters. The molecule has 1 amide bonds. The molecule has 80 valence electrons. The van der Waals surface area contributed by atoms with E-state index in [1.54, 1.807) is 12.2 Å². The van der Waals surface area contributed by atoms with Crippen LogP contribution in [0.1, 0.15) is 20.8 Å². The van der Waals surface area contributed by atoms with E-state index >= 15 is 0 Å². The highest BCUT2D eigenvalue weighted by molar-refractivity contribution is 6.12. The van der Waals surface area contributed by atoms with Gasteiger partial charge in [-0.2, -0.15) is 0 Å². The fourth-order valence-corrected chi connectivity index (χ4v) is 0.770. The number of amides is 1. The second-order valence-corrected chi connectivity index (χ2v) is 5.20. The standard InChI is InChI=1S/C10H19NO2Si/c1-5-6-7-11-9(12)13-8(14)10(2,3)4/h5-8H,1H2,2-4,14H3,(H,11,12). The van der Waals surface area contributed by atoms with Gasteiger partial charge in [0.2, 0.25) is 0 Å². The van der Waals surface area contributed by atoms with Crippen LogP contribution in [-0.2, 0) is 4.74 Å². The largest absolute Gasteiger partial charge is 0.450 e. The van der Waals surface area contributed by atoms with Crippen LogP contribution in [0.5, 0.6) is 0 Å². The molecule has 0 aromatic carbocycles. The third kappa shape index (κ3) is 5.58. The number of carbonyl (C=O) groups is 1. The lowest BCUT2D eigenvalue weighted by atomic mass is 9.98. The monoisotopic (exact) mass is 213 g/mol. The molecule has 3 nitrogen and oxygen atoms in total. The van der Waals surface area contributed by atoms with E-state index in [0.29, 0.717) is 0 Å². The Kier molecular flexibility index (Phi) is 5.23. The number of alkyl carbamates (subject to hydrolysis) is 1. The molecule has 4 heteroatoms. The third-order valence-electron chi connectivity index (χ3n) is 1.94. The number of rotatable bonds is 3. The van der Waals surface area contributed by atoms with Crippen molar-refractivity contribution in [3.8, 4) is 0 Å². The van der Waals surface area contributed by atoms with E-state index in [-0.39, 0.29) is 11.1 Å². The van der Waals surface area contributed by atoms with Crippen LogP contribution >= 0.6 is 0 Å². The Morgan fingerprint density at radius 3 is 2.57 bits per heavy atom. The van der Waals surface area contributed by atoms with Gasteiger partial charge in [0, 0.05) is 6.20 Å². The van der Waals surface area contributed by atoms with Crippen LogP contribution in [0.15, 0.2) is 24.9 Å². The van der Waals surface area contributed by atoms with E-state index in [2.05, 4.69) is 32.7 Å². The highest BCUT2D eigenvalue weighted by atomic mass is 28.1. The van der Waals surface area contributed by atoms with Crippen LogP contribution in [0.4, 0.5) is 4.79 Å². The zero-order valence-corrected chi connectivity index (χ0v) is 11.3. The summed E-state index contributed by atoms with van der Waals surface area (Å²) in [7, 11) is 0.828. The minimum absolute atomic E-state index is 0.0135. The maximum Gasteiger partial charge on any atom is 0.411 e. The summed E-state index contributed by atoms with van der Waals surface area (Å²) >= 11 is 0. The molecule has 0 aliphatic rings. The van der Waals surface area contributed by atoms with E-state index in [9.17, 15) is 4.79 Å². The lowest BCUT2D eigenvalue weighted by Gasteiger charge is -2.26. The van der Waals surface area contributed by atoms with Gasteiger partial charge in [0.1, 0.15) is 0 Å². The van der Waals surface area contributed by atoms with Crippen LogP contribution in [-0.4, -0.2) is 22.1 Å². The molecule has 0 aromatic rings. The Morgan fingerprint density at radius 1 is 1.57 bits per heavy atom. The Labute approximate surface area is 88.6 Å². The minimum atomic E-state index is -0.405.